The lowest BCUT2D eigenvalue weighted by Gasteiger charge is -2.44. The van der Waals surface area contributed by atoms with Crippen molar-refractivity contribution in [2.24, 2.45) is 5.41 Å². The third-order valence-corrected chi connectivity index (χ3v) is 8.37. The minimum atomic E-state index is -4.50. The molecule has 7 rings (SSSR count). The molecule has 0 radical (unpaired) electrons. The second-order valence-electron chi connectivity index (χ2n) is 11.2. The Morgan fingerprint density at radius 2 is 1.98 bits per heavy atom. The lowest BCUT2D eigenvalue weighted by atomic mass is 9.66. The molecule has 2 aliphatic carbocycles. The molecule has 4 aromatic rings. The number of oxazole rings is 1. The second kappa shape index (κ2) is 9.09. The van der Waals surface area contributed by atoms with Crippen molar-refractivity contribution in [1.29, 1.82) is 0 Å². The number of carboxylic acids is 1. The summed E-state index contributed by atoms with van der Waals surface area (Å²) in [5, 5.41) is 13.3. The summed E-state index contributed by atoms with van der Waals surface area (Å²) in [5.41, 5.74) is 1.34. The van der Waals surface area contributed by atoms with E-state index in [1.54, 1.807) is 12.1 Å². The first-order valence-electron chi connectivity index (χ1n) is 13.3. The Morgan fingerprint density at radius 1 is 1.18 bits per heavy atom. The van der Waals surface area contributed by atoms with Crippen LogP contribution in [0, 0.1) is 5.41 Å². The molecule has 2 saturated carbocycles. The molecule has 208 valence electrons. The normalized spacial score (nSPS) is 22.8. The molecule has 0 amide bonds. The Kier molecular flexibility index (Phi) is 5.71. The Labute approximate surface area is 226 Å². The van der Waals surface area contributed by atoms with Gasteiger partial charge in [0.2, 0.25) is 0 Å². The molecule has 3 aliphatic rings. The predicted octanol–water partition coefficient (Wildman–Crippen LogP) is 6.65. The van der Waals surface area contributed by atoms with Gasteiger partial charge in [-0.25, -0.2) is 4.79 Å². The summed E-state index contributed by atoms with van der Waals surface area (Å²) in [6, 6.07) is 10.6. The van der Waals surface area contributed by atoms with Crippen LogP contribution in [0.3, 0.4) is 0 Å². The zero-order valence-corrected chi connectivity index (χ0v) is 21.4. The van der Waals surface area contributed by atoms with Crippen LogP contribution in [-0.4, -0.2) is 40.4 Å². The first kappa shape index (κ1) is 25.1. The van der Waals surface area contributed by atoms with Gasteiger partial charge in [-0.2, -0.15) is 18.2 Å². The van der Waals surface area contributed by atoms with E-state index in [0.717, 1.165) is 51.3 Å². The van der Waals surface area contributed by atoms with Crippen molar-refractivity contribution in [2.45, 2.75) is 56.9 Å². The summed E-state index contributed by atoms with van der Waals surface area (Å²) in [6.07, 6.45) is -0.0750. The number of aromatic nitrogens is 2. The molecule has 3 fully saturated rings. The highest BCUT2D eigenvalue weighted by atomic mass is 19.4. The molecule has 1 spiro atoms. The van der Waals surface area contributed by atoms with E-state index in [4.69, 9.17) is 13.7 Å². The third-order valence-electron chi connectivity index (χ3n) is 8.37. The fourth-order valence-corrected chi connectivity index (χ4v) is 6.11. The molecular weight excluding hydrogens is 527 g/mol. The first-order valence-corrected chi connectivity index (χ1v) is 13.3. The van der Waals surface area contributed by atoms with E-state index in [1.807, 2.05) is 0 Å². The number of aromatic carboxylic acids is 1. The molecular formula is C29H26F3N3O5. The van der Waals surface area contributed by atoms with Gasteiger partial charge in [-0.15, -0.1) is 0 Å². The first-order chi connectivity index (χ1) is 19.2. The van der Waals surface area contributed by atoms with Gasteiger partial charge in [0.05, 0.1) is 23.8 Å². The number of carbonyl (C=O) groups is 1. The van der Waals surface area contributed by atoms with Gasteiger partial charge in [0.15, 0.2) is 5.58 Å². The van der Waals surface area contributed by atoms with Gasteiger partial charge < -0.3 is 23.7 Å². The number of halogens is 3. The smallest absolute Gasteiger partial charge is 0.417 e. The maximum atomic E-state index is 13.7. The van der Waals surface area contributed by atoms with Gasteiger partial charge in [-0.1, -0.05) is 23.4 Å². The van der Waals surface area contributed by atoms with E-state index in [1.165, 1.54) is 24.3 Å². The average molecular weight is 554 g/mol. The van der Waals surface area contributed by atoms with E-state index in [0.29, 0.717) is 28.4 Å². The molecule has 1 saturated heterocycles. The van der Waals surface area contributed by atoms with Gasteiger partial charge in [0, 0.05) is 30.1 Å². The summed E-state index contributed by atoms with van der Waals surface area (Å²) in [6.45, 7) is 1.66. The Morgan fingerprint density at radius 3 is 2.73 bits per heavy atom. The van der Waals surface area contributed by atoms with E-state index in [2.05, 4.69) is 15.0 Å². The van der Waals surface area contributed by atoms with Crippen molar-refractivity contribution in [1.82, 2.24) is 10.1 Å². The number of nitrogens with zero attached hydrogens (tertiary/aromatic N) is 3. The van der Waals surface area contributed by atoms with Gasteiger partial charge in [-0.05, 0) is 61.8 Å². The van der Waals surface area contributed by atoms with Gasteiger partial charge in [0.25, 0.3) is 6.01 Å². The van der Waals surface area contributed by atoms with Gasteiger partial charge >= 0.3 is 12.1 Å². The number of rotatable bonds is 7. The molecule has 3 heterocycles. The average Bonchev–Trinajstić information content (AvgIpc) is 3.32. The monoisotopic (exact) mass is 553 g/mol. The fraction of sp³-hybridized carbons (Fsp3) is 0.414. The Bertz CT molecular complexity index is 1600. The van der Waals surface area contributed by atoms with Crippen molar-refractivity contribution in [3.8, 4) is 11.3 Å². The van der Waals surface area contributed by atoms with Crippen LogP contribution in [0.25, 0.3) is 22.4 Å². The van der Waals surface area contributed by atoms with Gasteiger partial charge in [0.1, 0.15) is 17.0 Å². The maximum absolute atomic E-state index is 13.7. The molecule has 1 aliphatic heterocycles. The number of hydrogen-bond donors (Lipinski definition) is 1. The third kappa shape index (κ3) is 4.42. The van der Waals surface area contributed by atoms with E-state index in [-0.39, 0.29) is 40.9 Å². The SMILES string of the molecule is O=C(O)c1ccc2nc(N3CCC4(CC(OCc5c(-c6ccccc6C(F)(F)F)noc5C5CC5)C4)C3)oc2c1. The van der Waals surface area contributed by atoms with Crippen LogP contribution in [0.4, 0.5) is 19.2 Å². The highest BCUT2D eigenvalue weighted by molar-refractivity contribution is 5.92. The number of benzene rings is 2. The van der Waals surface area contributed by atoms with Gasteiger partial charge in [-0.3, -0.25) is 0 Å². The molecule has 40 heavy (non-hydrogen) atoms. The zero-order chi connectivity index (χ0) is 27.6. The predicted molar refractivity (Wildman–Crippen MR) is 137 cm³/mol. The van der Waals surface area contributed by atoms with Crippen LogP contribution in [0.1, 0.15) is 65.3 Å². The number of hydrogen-bond acceptors (Lipinski definition) is 7. The van der Waals surface area contributed by atoms with E-state index >= 15 is 0 Å². The molecule has 2 aromatic heterocycles. The standard InChI is InChI=1S/C29H26F3N3O5/c30-29(31,32)21-4-2-1-3-19(21)24-20(25(40-34-24)16-5-6-16)14-38-18-12-28(13-18)9-10-35(15-28)27-33-22-8-7-17(26(36)37)11-23(22)39-27/h1-4,7-8,11,16,18H,5-6,9-10,12-15H2,(H,36,37). The molecule has 0 atom stereocenters. The summed E-state index contributed by atoms with van der Waals surface area (Å²) < 4.78 is 58.9. The second-order valence-corrected chi connectivity index (χ2v) is 11.2. The summed E-state index contributed by atoms with van der Waals surface area (Å²) in [4.78, 5) is 17.9. The minimum Gasteiger partial charge on any atom is -0.478 e. The lowest BCUT2D eigenvalue weighted by Crippen LogP contribution is -2.44. The number of carboxylic acid groups (broad SMARTS) is 1. The number of anilines is 1. The minimum absolute atomic E-state index is 0.00887. The Hall–Kier alpha value is -3.86. The van der Waals surface area contributed by atoms with Crippen LogP contribution >= 0.6 is 0 Å². The van der Waals surface area contributed by atoms with E-state index < -0.39 is 17.7 Å². The zero-order valence-electron chi connectivity index (χ0n) is 21.4. The highest BCUT2D eigenvalue weighted by Crippen LogP contribution is 2.51. The van der Waals surface area contributed by atoms with Crippen molar-refractivity contribution in [2.75, 3.05) is 18.0 Å². The van der Waals surface area contributed by atoms with Crippen LogP contribution in [0.15, 0.2) is 51.4 Å². The molecule has 0 bridgehead atoms. The highest BCUT2D eigenvalue weighted by Gasteiger charge is 2.50. The van der Waals surface area contributed by atoms with E-state index in [9.17, 15) is 23.1 Å². The van der Waals surface area contributed by atoms with Crippen LogP contribution in [0.5, 0.6) is 0 Å². The van der Waals surface area contributed by atoms with Crippen molar-refractivity contribution >= 4 is 23.1 Å². The van der Waals surface area contributed by atoms with Crippen molar-refractivity contribution < 1.29 is 36.7 Å². The molecule has 0 unspecified atom stereocenters. The molecule has 1 N–H and O–H groups in total. The van der Waals surface area contributed by atoms with Crippen LogP contribution in [0.2, 0.25) is 0 Å². The number of ether oxygens (including phenoxy) is 1. The van der Waals surface area contributed by atoms with Crippen molar-refractivity contribution in [3.05, 3.63) is 64.9 Å². The van der Waals surface area contributed by atoms with Crippen LogP contribution in [-0.2, 0) is 17.5 Å². The molecule has 8 nitrogen and oxygen atoms in total. The van der Waals surface area contributed by atoms with Crippen molar-refractivity contribution in [3.63, 3.8) is 0 Å². The summed E-state index contributed by atoms with van der Waals surface area (Å²) in [7, 11) is 0. The number of alkyl halides is 3. The quantitative estimate of drug-likeness (QED) is 0.271. The summed E-state index contributed by atoms with van der Waals surface area (Å²) >= 11 is 0. The summed E-state index contributed by atoms with van der Waals surface area (Å²) in [5.74, 6) is -0.209. The van der Waals surface area contributed by atoms with Crippen LogP contribution < -0.4 is 4.90 Å². The maximum Gasteiger partial charge on any atom is 0.417 e. The molecule has 2 aromatic carbocycles. The topological polar surface area (TPSA) is 102 Å². The number of fused-ring (bicyclic) bond motifs is 1. The Balaban J connectivity index is 1.03. The largest absolute Gasteiger partial charge is 0.478 e. The lowest BCUT2D eigenvalue weighted by molar-refractivity contribution is -0.137. The fourth-order valence-electron chi connectivity index (χ4n) is 6.11. The molecule has 11 heteroatoms.